The molecular weight excluding hydrogens is 318 g/mol. The highest BCUT2D eigenvalue weighted by Crippen LogP contribution is 2.27. The molecule has 0 saturated heterocycles. The zero-order chi connectivity index (χ0) is 16.4. The van der Waals surface area contributed by atoms with Gasteiger partial charge in [-0.3, -0.25) is 10.1 Å². The zero-order valence-corrected chi connectivity index (χ0v) is 12.9. The Hall–Kier alpha value is -2.80. The largest absolute Gasteiger partial charge is 0.274 e. The summed E-state index contributed by atoms with van der Waals surface area (Å²) in [6.07, 6.45) is 0. The first-order valence-electron chi connectivity index (χ1n) is 6.82. The van der Waals surface area contributed by atoms with E-state index in [1.165, 1.54) is 10.7 Å². The molecule has 116 valence electrons. The van der Waals surface area contributed by atoms with Crippen molar-refractivity contribution in [1.82, 2.24) is 20.2 Å². The van der Waals surface area contributed by atoms with Crippen LogP contribution in [0.4, 0.5) is 5.69 Å². The van der Waals surface area contributed by atoms with Gasteiger partial charge >= 0.3 is 0 Å². The second kappa shape index (κ2) is 6.13. The van der Waals surface area contributed by atoms with Crippen LogP contribution in [0.2, 0.25) is 5.02 Å². The van der Waals surface area contributed by atoms with E-state index in [2.05, 4.69) is 15.5 Å². The second-order valence-electron chi connectivity index (χ2n) is 4.96. The highest BCUT2D eigenvalue weighted by molar-refractivity contribution is 6.31. The molecule has 0 aliphatic carbocycles. The minimum atomic E-state index is -0.413. The maximum atomic E-state index is 11.1. The highest BCUT2D eigenvalue weighted by atomic mass is 35.5. The van der Waals surface area contributed by atoms with Gasteiger partial charge in [0.2, 0.25) is 0 Å². The summed E-state index contributed by atoms with van der Waals surface area (Å²) < 4.78 is 1.53. The molecule has 1 aromatic heterocycles. The van der Waals surface area contributed by atoms with Crippen LogP contribution in [-0.2, 0) is 6.54 Å². The lowest BCUT2D eigenvalue weighted by Gasteiger charge is -2.08. The summed E-state index contributed by atoms with van der Waals surface area (Å²) >= 11 is 6.14. The molecule has 0 saturated carbocycles. The molecule has 0 spiro atoms. The van der Waals surface area contributed by atoms with Gasteiger partial charge in [0.1, 0.15) is 0 Å². The summed E-state index contributed by atoms with van der Waals surface area (Å²) in [6.45, 7) is 2.08. The van der Waals surface area contributed by atoms with Crippen LogP contribution >= 0.6 is 11.6 Å². The molecule has 3 aromatic rings. The molecule has 0 aliphatic heterocycles. The van der Waals surface area contributed by atoms with Crippen LogP contribution in [0.25, 0.3) is 11.4 Å². The van der Waals surface area contributed by atoms with E-state index in [1.807, 2.05) is 19.1 Å². The van der Waals surface area contributed by atoms with Gasteiger partial charge in [0.25, 0.3) is 5.69 Å². The Bertz CT molecular complexity index is 878. The topological polar surface area (TPSA) is 86.7 Å². The van der Waals surface area contributed by atoms with E-state index < -0.39 is 4.92 Å². The van der Waals surface area contributed by atoms with Crippen molar-refractivity contribution < 1.29 is 4.92 Å². The summed E-state index contributed by atoms with van der Waals surface area (Å²) in [5.74, 6) is 0.517. The lowest BCUT2D eigenvalue weighted by Crippen LogP contribution is -2.07. The third-order valence-corrected chi connectivity index (χ3v) is 3.96. The van der Waals surface area contributed by atoms with Crippen LogP contribution < -0.4 is 0 Å². The van der Waals surface area contributed by atoms with E-state index in [0.29, 0.717) is 16.4 Å². The Labute approximate surface area is 136 Å². The van der Waals surface area contributed by atoms with Crippen molar-refractivity contribution in [3.63, 3.8) is 0 Å². The van der Waals surface area contributed by atoms with Crippen LogP contribution in [0.15, 0.2) is 42.5 Å². The number of benzene rings is 2. The summed E-state index contributed by atoms with van der Waals surface area (Å²) in [6, 6.07) is 12.0. The van der Waals surface area contributed by atoms with Crippen LogP contribution in [-0.4, -0.2) is 25.1 Å². The van der Waals surface area contributed by atoms with Crippen LogP contribution in [0, 0.1) is 17.0 Å². The van der Waals surface area contributed by atoms with Crippen molar-refractivity contribution in [3.8, 4) is 11.4 Å². The van der Waals surface area contributed by atoms with Crippen molar-refractivity contribution in [2.24, 2.45) is 0 Å². The third-order valence-electron chi connectivity index (χ3n) is 3.55. The van der Waals surface area contributed by atoms with Gasteiger partial charge < -0.3 is 0 Å². The quantitative estimate of drug-likeness (QED) is 0.541. The summed E-state index contributed by atoms with van der Waals surface area (Å²) in [5.41, 5.74) is 2.22. The Kier molecular flexibility index (Phi) is 4.03. The molecule has 2 aromatic carbocycles. The number of rotatable bonds is 4. The van der Waals surface area contributed by atoms with Gasteiger partial charge in [0.05, 0.1) is 17.0 Å². The van der Waals surface area contributed by atoms with Crippen molar-refractivity contribution >= 4 is 17.3 Å². The van der Waals surface area contributed by atoms with Crippen molar-refractivity contribution in [3.05, 3.63) is 68.7 Å². The van der Waals surface area contributed by atoms with Crippen molar-refractivity contribution in [2.45, 2.75) is 13.5 Å². The number of nitro groups is 1. The number of halogens is 1. The monoisotopic (exact) mass is 329 g/mol. The minimum Gasteiger partial charge on any atom is -0.258 e. The number of hydrogen-bond acceptors (Lipinski definition) is 5. The molecule has 0 radical (unpaired) electrons. The van der Waals surface area contributed by atoms with E-state index in [9.17, 15) is 10.1 Å². The lowest BCUT2D eigenvalue weighted by atomic mass is 10.1. The zero-order valence-electron chi connectivity index (χ0n) is 12.2. The van der Waals surface area contributed by atoms with Gasteiger partial charge in [-0.2, -0.15) is 0 Å². The predicted molar refractivity (Wildman–Crippen MR) is 85.2 cm³/mol. The number of para-hydroxylation sites is 1. The predicted octanol–water partition coefficient (Wildman–Crippen LogP) is 3.26. The van der Waals surface area contributed by atoms with Gasteiger partial charge in [0, 0.05) is 16.7 Å². The molecule has 0 N–H and O–H groups in total. The van der Waals surface area contributed by atoms with Gasteiger partial charge in [0.15, 0.2) is 5.82 Å². The molecule has 8 heteroatoms. The van der Waals surface area contributed by atoms with E-state index in [0.717, 1.165) is 11.1 Å². The first kappa shape index (κ1) is 15.1. The molecule has 0 bridgehead atoms. The number of nitro benzene ring substituents is 1. The fraction of sp³-hybridized carbons (Fsp3) is 0.133. The normalized spacial score (nSPS) is 10.7. The SMILES string of the molecule is Cc1c(Cl)cccc1-c1nnnn1Cc1ccccc1[N+](=O)[O-]. The minimum absolute atomic E-state index is 0.0387. The van der Waals surface area contributed by atoms with Crippen LogP contribution in [0.3, 0.4) is 0 Å². The number of aromatic nitrogens is 4. The molecule has 0 fully saturated rings. The van der Waals surface area contributed by atoms with Crippen LogP contribution in [0.5, 0.6) is 0 Å². The average Bonchev–Trinajstić information content (AvgIpc) is 2.98. The van der Waals surface area contributed by atoms with E-state index in [-0.39, 0.29) is 12.2 Å². The third kappa shape index (κ3) is 2.91. The molecular formula is C15H12ClN5O2. The Balaban J connectivity index is 2.03. The molecule has 23 heavy (non-hydrogen) atoms. The fourth-order valence-electron chi connectivity index (χ4n) is 2.34. The van der Waals surface area contributed by atoms with Gasteiger partial charge in [-0.25, -0.2) is 4.68 Å². The average molecular weight is 330 g/mol. The standard InChI is InChI=1S/C15H12ClN5O2/c1-10-12(6-4-7-13(10)16)15-17-18-19-20(15)9-11-5-2-3-8-14(11)21(22)23/h2-8H,9H2,1H3. The summed E-state index contributed by atoms with van der Waals surface area (Å²) in [5, 5.41) is 23.4. The highest BCUT2D eigenvalue weighted by Gasteiger charge is 2.17. The Morgan fingerprint density at radius 3 is 2.78 bits per heavy atom. The maximum absolute atomic E-state index is 11.1. The van der Waals surface area contributed by atoms with Crippen molar-refractivity contribution in [2.75, 3.05) is 0 Å². The molecule has 0 atom stereocenters. The molecule has 0 unspecified atom stereocenters. The molecule has 0 amide bonds. The van der Waals surface area contributed by atoms with E-state index in [4.69, 9.17) is 11.6 Å². The molecule has 0 aliphatic rings. The van der Waals surface area contributed by atoms with Gasteiger partial charge in [-0.05, 0) is 29.0 Å². The number of tetrazole rings is 1. The second-order valence-corrected chi connectivity index (χ2v) is 5.37. The Morgan fingerprint density at radius 2 is 2.00 bits per heavy atom. The van der Waals surface area contributed by atoms with Gasteiger partial charge in [-0.1, -0.05) is 41.9 Å². The smallest absolute Gasteiger partial charge is 0.258 e. The number of nitrogens with zero attached hydrogens (tertiary/aromatic N) is 5. The first-order valence-corrected chi connectivity index (χ1v) is 7.19. The maximum Gasteiger partial charge on any atom is 0.274 e. The summed E-state index contributed by atoms with van der Waals surface area (Å²) in [7, 11) is 0. The molecule has 7 nitrogen and oxygen atoms in total. The van der Waals surface area contributed by atoms with Crippen molar-refractivity contribution in [1.29, 1.82) is 0 Å². The first-order chi connectivity index (χ1) is 11.1. The van der Waals surface area contributed by atoms with E-state index >= 15 is 0 Å². The number of hydrogen-bond donors (Lipinski definition) is 0. The van der Waals surface area contributed by atoms with E-state index in [1.54, 1.807) is 24.3 Å². The van der Waals surface area contributed by atoms with Gasteiger partial charge in [-0.15, -0.1) is 5.10 Å². The lowest BCUT2D eigenvalue weighted by molar-refractivity contribution is -0.385. The summed E-state index contributed by atoms with van der Waals surface area (Å²) in [4.78, 5) is 10.7. The molecule has 3 rings (SSSR count). The Morgan fingerprint density at radius 1 is 1.22 bits per heavy atom. The molecule has 1 heterocycles. The van der Waals surface area contributed by atoms with Crippen LogP contribution in [0.1, 0.15) is 11.1 Å². The fourth-order valence-corrected chi connectivity index (χ4v) is 2.51.